The molecule has 0 spiro atoms. The Hall–Kier alpha value is -1.72. The molecule has 0 fully saturated rings. The SMILES string of the molecule is CN(Cc1c(F)cccc1Cl)C(=O)c1cccc(CS(C)=O)c1. The number of halogens is 2. The molecule has 0 aromatic heterocycles. The minimum absolute atomic E-state index is 0.0777. The first-order valence-electron chi connectivity index (χ1n) is 6.96. The molecule has 122 valence electrons. The topological polar surface area (TPSA) is 37.4 Å². The number of nitrogens with zero attached hydrogens (tertiary/aromatic N) is 1. The predicted octanol–water partition coefficient (Wildman–Crippen LogP) is 3.63. The molecule has 1 unspecified atom stereocenters. The van der Waals surface area contributed by atoms with Gasteiger partial charge >= 0.3 is 0 Å². The van der Waals surface area contributed by atoms with Gasteiger partial charge in [0.2, 0.25) is 0 Å². The van der Waals surface area contributed by atoms with Gasteiger partial charge in [-0.3, -0.25) is 9.00 Å². The number of hydrogen-bond acceptors (Lipinski definition) is 2. The molecular weight excluding hydrogens is 337 g/mol. The molecule has 0 saturated heterocycles. The summed E-state index contributed by atoms with van der Waals surface area (Å²) in [4.78, 5) is 13.9. The molecule has 0 aliphatic carbocycles. The minimum Gasteiger partial charge on any atom is -0.337 e. The van der Waals surface area contributed by atoms with Crippen molar-refractivity contribution in [3.8, 4) is 0 Å². The van der Waals surface area contributed by atoms with E-state index < -0.39 is 16.6 Å². The number of rotatable bonds is 5. The smallest absolute Gasteiger partial charge is 0.253 e. The van der Waals surface area contributed by atoms with Crippen LogP contribution in [0.4, 0.5) is 4.39 Å². The van der Waals surface area contributed by atoms with Crippen molar-refractivity contribution < 1.29 is 13.4 Å². The van der Waals surface area contributed by atoms with Crippen LogP contribution in [0.3, 0.4) is 0 Å². The van der Waals surface area contributed by atoms with E-state index in [1.54, 1.807) is 37.6 Å². The molecule has 0 aliphatic rings. The molecule has 23 heavy (non-hydrogen) atoms. The number of amides is 1. The molecule has 1 amide bonds. The van der Waals surface area contributed by atoms with Gasteiger partial charge in [-0.2, -0.15) is 0 Å². The van der Waals surface area contributed by atoms with Crippen molar-refractivity contribution in [1.29, 1.82) is 0 Å². The molecule has 0 N–H and O–H groups in total. The van der Waals surface area contributed by atoms with Crippen molar-refractivity contribution >= 4 is 28.3 Å². The summed E-state index contributed by atoms with van der Waals surface area (Å²) in [5.41, 5.74) is 1.59. The lowest BCUT2D eigenvalue weighted by Gasteiger charge is -2.19. The van der Waals surface area contributed by atoms with Crippen molar-refractivity contribution in [3.05, 3.63) is 70.0 Å². The van der Waals surface area contributed by atoms with Gasteiger partial charge in [0.05, 0.1) is 0 Å². The van der Waals surface area contributed by atoms with Crippen LogP contribution in [0.5, 0.6) is 0 Å². The van der Waals surface area contributed by atoms with Gasteiger partial charge in [0.1, 0.15) is 5.82 Å². The molecule has 0 radical (unpaired) electrons. The van der Waals surface area contributed by atoms with E-state index in [2.05, 4.69) is 0 Å². The van der Waals surface area contributed by atoms with E-state index in [0.29, 0.717) is 16.3 Å². The lowest BCUT2D eigenvalue weighted by atomic mass is 10.1. The molecule has 0 saturated carbocycles. The molecule has 1 atom stereocenters. The quantitative estimate of drug-likeness (QED) is 0.823. The molecule has 2 rings (SSSR count). The molecule has 0 aliphatic heterocycles. The number of carbonyl (C=O) groups excluding carboxylic acids is 1. The second kappa shape index (κ2) is 7.70. The average Bonchev–Trinajstić information content (AvgIpc) is 2.49. The molecule has 0 heterocycles. The van der Waals surface area contributed by atoms with Crippen LogP contribution in [0.15, 0.2) is 42.5 Å². The van der Waals surface area contributed by atoms with Gasteiger partial charge in [0.15, 0.2) is 0 Å². The van der Waals surface area contributed by atoms with Crippen LogP contribution < -0.4 is 0 Å². The third kappa shape index (κ3) is 4.62. The van der Waals surface area contributed by atoms with E-state index in [9.17, 15) is 13.4 Å². The Balaban J connectivity index is 2.18. The Morgan fingerprint density at radius 3 is 2.61 bits per heavy atom. The summed E-state index contributed by atoms with van der Waals surface area (Å²) in [6, 6.07) is 11.4. The zero-order valence-corrected chi connectivity index (χ0v) is 14.5. The minimum atomic E-state index is -0.978. The summed E-state index contributed by atoms with van der Waals surface area (Å²) < 4.78 is 25.1. The van der Waals surface area contributed by atoms with Gasteiger partial charge < -0.3 is 4.90 Å². The van der Waals surface area contributed by atoms with Gasteiger partial charge in [0, 0.05) is 52.6 Å². The highest BCUT2D eigenvalue weighted by molar-refractivity contribution is 7.83. The molecule has 2 aromatic carbocycles. The molecular formula is C17H17ClFNO2S. The second-order valence-electron chi connectivity index (χ2n) is 5.28. The highest BCUT2D eigenvalue weighted by atomic mass is 35.5. The second-order valence-corrected chi connectivity index (χ2v) is 7.12. The summed E-state index contributed by atoms with van der Waals surface area (Å²) in [7, 11) is 0.615. The average molecular weight is 354 g/mol. The Bertz CT molecular complexity index is 731. The van der Waals surface area contributed by atoms with Crippen molar-refractivity contribution in [2.24, 2.45) is 0 Å². The number of carbonyl (C=O) groups is 1. The van der Waals surface area contributed by atoms with Gasteiger partial charge in [-0.15, -0.1) is 0 Å². The van der Waals surface area contributed by atoms with Crippen LogP contribution in [-0.4, -0.2) is 28.3 Å². The molecule has 3 nitrogen and oxygen atoms in total. The summed E-state index contributed by atoms with van der Waals surface area (Å²) in [5.74, 6) is -0.287. The Morgan fingerprint density at radius 2 is 1.96 bits per heavy atom. The maximum Gasteiger partial charge on any atom is 0.253 e. The molecule has 6 heteroatoms. The number of hydrogen-bond donors (Lipinski definition) is 0. The van der Waals surface area contributed by atoms with Crippen LogP contribution in [-0.2, 0) is 23.1 Å². The van der Waals surface area contributed by atoms with Gasteiger partial charge in [0.25, 0.3) is 5.91 Å². The fourth-order valence-corrected chi connectivity index (χ4v) is 3.11. The predicted molar refractivity (Wildman–Crippen MR) is 91.4 cm³/mol. The Morgan fingerprint density at radius 1 is 1.26 bits per heavy atom. The van der Waals surface area contributed by atoms with Crippen LogP contribution in [0.2, 0.25) is 5.02 Å². The zero-order chi connectivity index (χ0) is 17.0. The third-order valence-electron chi connectivity index (χ3n) is 3.35. The third-order valence-corrected chi connectivity index (χ3v) is 4.44. The lowest BCUT2D eigenvalue weighted by Crippen LogP contribution is -2.27. The highest BCUT2D eigenvalue weighted by Crippen LogP contribution is 2.21. The Kier molecular flexibility index (Phi) is 5.91. The van der Waals surface area contributed by atoms with E-state index in [1.807, 2.05) is 6.07 Å². The fourth-order valence-electron chi connectivity index (χ4n) is 2.24. The highest BCUT2D eigenvalue weighted by Gasteiger charge is 2.16. The molecule has 2 aromatic rings. The maximum atomic E-state index is 13.8. The van der Waals surface area contributed by atoms with Gasteiger partial charge in [-0.1, -0.05) is 29.8 Å². The van der Waals surface area contributed by atoms with Crippen LogP contribution in [0, 0.1) is 5.82 Å². The standard InChI is InChI=1S/C17H17ClFNO2S/c1-20(10-14-15(18)7-4-8-16(14)19)17(21)13-6-3-5-12(9-13)11-23(2)22/h3-9H,10-11H2,1-2H3. The van der Waals surface area contributed by atoms with Crippen molar-refractivity contribution in [3.63, 3.8) is 0 Å². The summed E-state index contributed by atoms with van der Waals surface area (Å²) in [6.45, 7) is 0.0777. The number of benzene rings is 2. The molecule has 0 bridgehead atoms. The van der Waals surface area contributed by atoms with Crippen molar-refractivity contribution in [2.45, 2.75) is 12.3 Å². The summed E-state index contributed by atoms with van der Waals surface area (Å²) in [6.07, 6.45) is 1.61. The largest absolute Gasteiger partial charge is 0.337 e. The van der Waals surface area contributed by atoms with Gasteiger partial charge in [-0.05, 0) is 29.8 Å². The monoisotopic (exact) mass is 353 g/mol. The first-order valence-corrected chi connectivity index (χ1v) is 9.06. The van der Waals surface area contributed by atoms with E-state index in [0.717, 1.165) is 5.56 Å². The maximum absolute atomic E-state index is 13.8. The van der Waals surface area contributed by atoms with Crippen molar-refractivity contribution in [2.75, 3.05) is 13.3 Å². The van der Waals surface area contributed by atoms with E-state index in [-0.39, 0.29) is 18.0 Å². The van der Waals surface area contributed by atoms with E-state index in [1.165, 1.54) is 17.0 Å². The Labute approximate surface area is 142 Å². The van der Waals surface area contributed by atoms with E-state index >= 15 is 0 Å². The van der Waals surface area contributed by atoms with Crippen molar-refractivity contribution in [1.82, 2.24) is 4.90 Å². The summed E-state index contributed by atoms with van der Waals surface area (Å²) in [5, 5.41) is 0.291. The van der Waals surface area contributed by atoms with E-state index in [4.69, 9.17) is 11.6 Å². The zero-order valence-electron chi connectivity index (χ0n) is 12.9. The fraction of sp³-hybridized carbons (Fsp3) is 0.235. The lowest BCUT2D eigenvalue weighted by molar-refractivity contribution is 0.0784. The first-order chi connectivity index (χ1) is 10.9. The van der Waals surface area contributed by atoms with Crippen LogP contribution >= 0.6 is 11.6 Å². The first kappa shape index (κ1) is 17.6. The van der Waals surface area contributed by atoms with Gasteiger partial charge in [-0.25, -0.2) is 4.39 Å². The van der Waals surface area contributed by atoms with Crippen LogP contribution in [0.1, 0.15) is 21.5 Å². The summed E-state index contributed by atoms with van der Waals surface area (Å²) >= 11 is 6.00. The normalized spacial score (nSPS) is 12.0. The van der Waals surface area contributed by atoms with Crippen LogP contribution in [0.25, 0.3) is 0 Å².